The van der Waals surface area contributed by atoms with Crippen LogP contribution in [0.15, 0.2) is 4.52 Å². The molecule has 19 heavy (non-hydrogen) atoms. The molecule has 106 valence electrons. The molecule has 0 spiro atoms. The molecule has 4 atom stereocenters. The van der Waals surface area contributed by atoms with Gasteiger partial charge in [0.15, 0.2) is 5.82 Å². The van der Waals surface area contributed by atoms with Crippen molar-refractivity contribution >= 4 is 12.4 Å². The number of nitrogens with two attached hydrogens (primary N) is 1. The molecule has 4 rings (SSSR count). The van der Waals surface area contributed by atoms with E-state index in [0.717, 1.165) is 11.7 Å². The van der Waals surface area contributed by atoms with Gasteiger partial charge in [-0.05, 0) is 43.9 Å². The standard InChI is InChI=1S/C14H21N3O.ClH/c15-12-10-6-5-9(7-10)11(12)14-16-13(17-18-14)8-3-1-2-4-8;/h8-12H,1-7,15H2;1H. The van der Waals surface area contributed by atoms with Crippen LogP contribution in [0.25, 0.3) is 0 Å². The van der Waals surface area contributed by atoms with Gasteiger partial charge in [0.25, 0.3) is 0 Å². The van der Waals surface area contributed by atoms with Gasteiger partial charge in [-0.1, -0.05) is 18.0 Å². The molecule has 2 N–H and O–H groups in total. The van der Waals surface area contributed by atoms with Crippen LogP contribution in [-0.2, 0) is 0 Å². The Morgan fingerprint density at radius 2 is 1.79 bits per heavy atom. The molecule has 1 heterocycles. The highest BCUT2D eigenvalue weighted by atomic mass is 35.5. The van der Waals surface area contributed by atoms with Crippen molar-refractivity contribution in [1.82, 2.24) is 10.1 Å². The third kappa shape index (κ3) is 2.09. The van der Waals surface area contributed by atoms with Gasteiger partial charge in [0.05, 0.1) is 5.92 Å². The summed E-state index contributed by atoms with van der Waals surface area (Å²) in [6.07, 6.45) is 8.93. The van der Waals surface area contributed by atoms with Crippen LogP contribution >= 0.6 is 12.4 Å². The summed E-state index contributed by atoms with van der Waals surface area (Å²) in [5.41, 5.74) is 6.33. The molecule has 3 saturated carbocycles. The molecule has 0 radical (unpaired) electrons. The Labute approximate surface area is 119 Å². The van der Waals surface area contributed by atoms with Crippen molar-refractivity contribution in [2.75, 3.05) is 0 Å². The Bertz CT molecular complexity index is 442. The largest absolute Gasteiger partial charge is 0.339 e. The molecule has 1 aromatic heterocycles. The molecule has 4 unspecified atom stereocenters. The number of nitrogens with zero attached hydrogens (tertiary/aromatic N) is 2. The van der Waals surface area contributed by atoms with Gasteiger partial charge in [-0.3, -0.25) is 0 Å². The lowest BCUT2D eigenvalue weighted by Gasteiger charge is -2.24. The highest BCUT2D eigenvalue weighted by molar-refractivity contribution is 5.85. The molecular weight excluding hydrogens is 262 g/mol. The van der Waals surface area contributed by atoms with Gasteiger partial charge < -0.3 is 10.3 Å². The van der Waals surface area contributed by atoms with Crippen LogP contribution in [0.4, 0.5) is 0 Å². The van der Waals surface area contributed by atoms with Crippen molar-refractivity contribution in [3.05, 3.63) is 11.7 Å². The van der Waals surface area contributed by atoms with Crippen LogP contribution in [0, 0.1) is 11.8 Å². The van der Waals surface area contributed by atoms with E-state index in [-0.39, 0.29) is 18.4 Å². The second-order valence-corrected chi connectivity index (χ2v) is 6.41. The first-order valence-electron chi connectivity index (χ1n) is 7.42. The van der Waals surface area contributed by atoms with Gasteiger partial charge in [-0.2, -0.15) is 4.98 Å². The van der Waals surface area contributed by atoms with Gasteiger partial charge >= 0.3 is 0 Å². The van der Waals surface area contributed by atoms with Crippen molar-refractivity contribution in [1.29, 1.82) is 0 Å². The number of fused-ring (bicyclic) bond motifs is 2. The molecule has 4 nitrogen and oxygen atoms in total. The first kappa shape index (κ1) is 13.4. The first-order valence-corrected chi connectivity index (χ1v) is 7.42. The maximum Gasteiger partial charge on any atom is 0.231 e. The number of aromatic nitrogens is 2. The summed E-state index contributed by atoms with van der Waals surface area (Å²) in [4.78, 5) is 4.69. The summed E-state index contributed by atoms with van der Waals surface area (Å²) in [6.45, 7) is 0. The summed E-state index contributed by atoms with van der Waals surface area (Å²) in [5, 5.41) is 4.22. The first-order chi connectivity index (χ1) is 8.83. The minimum Gasteiger partial charge on any atom is -0.339 e. The van der Waals surface area contributed by atoms with E-state index in [0.29, 0.717) is 23.7 Å². The summed E-state index contributed by atoms with van der Waals surface area (Å²) >= 11 is 0. The van der Waals surface area contributed by atoms with E-state index in [2.05, 4.69) is 10.1 Å². The molecule has 0 aliphatic heterocycles. The van der Waals surface area contributed by atoms with Crippen molar-refractivity contribution in [2.45, 2.75) is 62.8 Å². The molecule has 0 aromatic carbocycles. The van der Waals surface area contributed by atoms with Crippen molar-refractivity contribution in [3.63, 3.8) is 0 Å². The summed E-state index contributed by atoms with van der Waals surface area (Å²) < 4.78 is 5.54. The van der Waals surface area contributed by atoms with Gasteiger partial charge in [-0.15, -0.1) is 12.4 Å². The lowest BCUT2D eigenvalue weighted by atomic mass is 9.85. The molecule has 2 bridgehead atoms. The summed E-state index contributed by atoms with van der Waals surface area (Å²) in [5.74, 6) is 4.04. The lowest BCUT2D eigenvalue weighted by molar-refractivity contribution is 0.278. The minimum atomic E-state index is 0. The van der Waals surface area contributed by atoms with Gasteiger partial charge in [-0.25, -0.2) is 0 Å². The molecule has 3 aliphatic rings. The second kappa shape index (κ2) is 5.06. The minimum absolute atomic E-state index is 0. The maximum absolute atomic E-state index is 6.33. The number of hydrogen-bond acceptors (Lipinski definition) is 4. The zero-order valence-corrected chi connectivity index (χ0v) is 11.9. The number of halogens is 1. The van der Waals surface area contributed by atoms with E-state index in [1.165, 1.54) is 44.9 Å². The topological polar surface area (TPSA) is 64.9 Å². The summed E-state index contributed by atoms with van der Waals surface area (Å²) in [7, 11) is 0. The monoisotopic (exact) mass is 283 g/mol. The molecular formula is C14H22ClN3O. The molecule has 5 heteroatoms. The quantitative estimate of drug-likeness (QED) is 0.906. The molecule has 0 amide bonds. The highest BCUT2D eigenvalue weighted by Gasteiger charge is 2.49. The SMILES string of the molecule is Cl.NC1C2CCC(C2)C1c1nc(C2CCCC2)no1. The van der Waals surface area contributed by atoms with E-state index in [1.807, 2.05) is 0 Å². The van der Waals surface area contributed by atoms with Crippen LogP contribution in [0.3, 0.4) is 0 Å². The second-order valence-electron chi connectivity index (χ2n) is 6.41. The van der Waals surface area contributed by atoms with Gasteiger partial charge in [0.1, 0.15) is 0 Å². The fraction of sp³-hybridized carbons (Fsp3) is 0.857. The third-order valence-corrected chi connectivity index (χ3v) is 5.44. The van der Waals surface area contributed by atoms with E-state index < -0.39 is 0 Å². The van der Waals surface area contributed by atoms with Gasteiger partial charge in [0, 0.05) is 12.0 Å². The zero-order chi connectivity index (χ0) is 12.1. The fourth-order valence-electron chi connectivity index (χ4n) is 4.43. The predicted octanol–water partition coefficient (Wildman–Crippen LogP) is 2.99. The van der Waals surface area contributed by atoms with E-state index in [4.69, 9.17) is 10.3 Å². The van der Waals surface area contributed by atoms with Crippen LogP contribution in [0.5, 0.6) is 0 Å². The molecule has 1 aromatic rings. The van der Waals surface area contributed by atoms with Crippen LogP contribution < -0.4 is 5.73 Å². The molecule has 3 fully saturated rings. The Kier molecular flexibility index (Phi) is 3.56. The predicted molar refractivity (Wildman–Crippen MR) is 74.3 cm³/mol. The van der Waals surface area contributed by atoms with Crippen LogP contribution in [0.2, 0.25) is 0 Å². The van der Waals surface area contributed by atoms with Crippen LogP contribution in [-0.4, -0.2) is 16.2 Å². The van der Waals surface area contributed by atoms with Crippen molar-refractivity contribution in [3.8, 4) is 0 Å². The summed E-state index contributed by atoms with van der Waals surface area (Å²) in [6, 6.07) is 0.251. The van der Waals surface area contributed by atoms with Crippen molar-refractivity contribution in [2.24, 2.45) is 17.6 Å². The van der Waals surface area contributed by atoms with Crippen molar-refractivity contribution < 1.29 is 4.52 Å². The fourth-order valence-corrected chi connectivity index (χ4v) is 4.43. The van der Waals surface area contributed by atoms with E-state index in [9.17, 15) is 0 Å². The normalized spacial score (nSPS) is 37.7. The third-order valence-electron chi connectivity index (χ3n) is 5.44. The van der Waals surface area contributed by atoms with E-state index >= 15 is 0 Å². The van der Waals surface area contributed by atoms with E-state index in [1.54, 1.807) is 0 Å². The molecule has 3 aliphatic carbocycles. The smallest absolute Gasteiger partial charge is 0.231 e. The maximum atomic E-state index is 6.33. The Balaban J connectivity index is 0.00000110. The number of rotatable bonds is 2. The average molecular weight is 284 g/mol. The number of hydrogen-bond donors (Lipinski definition) is 1. The van der Waals surface area contributed by atoms with Crippen LogP contribution in [0.1, 0.15) is 68.5 Å². The Morgan fingerprint density at radius 3 is 2.47 bits per heavy atom. The zero-order valence-electron chi connectivity index (χ0n) is 11.1. The lowest BCUT2D eigenvalue weighted by Crippen LogP contribution is -2.34. The van der Waals surface area contributed by atoms with Gasteiger partial charge in [0.2, 0.25) is 5.89 Å². The Hall–Kier alpha value is -0.610. The average Bonchev–Trinajstić information content (AvgIpc) is 3.13. The molecule has 0 saturated heterocycles. The Morgan fingerprint density at radius 1 is 1.05 bits per heavy atom. The highest BCUT2D eigenvalue weighted by Crippen LogP contribution is 2.51.